The highest BCUT2D eigenvalue weighted by molar-refractivity contribution is 6.34. The molecule has 2 aliphatic carbocycles. The van der Waals surface area contributed by atoms with Crippen LogP contribution in [-0.4, -0.2) is 82.6 Å². The molecule has 254 valence electrons. The quantitative estimate of drug-likeness (QED) is 0.230. The number of likely N-dealkylation sites (tertiary alicyclic amines) is 1. The molecule has 0 spiro atoms. The van der Waals surface area contributed by atoms with Crippen molar-refractivity contribution in [2.75, 3.05) is 27.2 Å². The van der Waals surface area contributed by atoms with Crippen LogP contribution in [0.1, 0.15) is 56.8 Å². The fourth-order valence-corrected chi connectivity index (χ4v) is 7.17. The Morgan fingerprint density at radius 3 is 2.40 bits per heavy atom. The van der Waals surface area contributed by atoms with Crippen molar-refractivity contribution in [2.24, 2.45) is 11.1 Å². The normalized spacial score (nSPS) is 21.2. The van der Waals surface area contributed by atoms with Crippen molar-refractivity contribution in [3.8, 4) is 11.3 Å². The van der Waals surface area contributed by atoms with Gasteiger partial charge in [0.15, 0.2) is 0 Å². The fraction of sp³-hybridized carbons (Fsp3) is 0.438. The maximum atomic E-state index is 15.4. The summed E-state index contributed by atoms with van der Waals surface area (Å²) in [7, 11) is 2.96. The summed E-state index contributed by atoms with van der Waals surface area (Å²) < 4.78 is 88.6. The first-order chi connectivity index (χ1) is 22.5. The summed E-state index contributed by atoms with van der Waals surface area (Å²) in [6.07, 6.45) is -5.28. The predicted octanol–water partition coefficient (Wildman–Crippen LogP) is 6.04. The van der Waals surface area contributed by atoms with Crippen LogP contribution in [0.5, 0.6) is 0 Å². The molecule has 0 N–H and O–H groups in total. The Hall–Kier alpha value is -4.11. The molecule has 2 heterocycles. The van der Waals surface area contributed by atoms with Crippen LogP contribution in [0.4, 0.5) is 26.3 Å². The van der Waals surface area contributed by atoms with Crippen molar-refractivity contribution in [3.05, 3.63) is 80.1 Å². The van der Waals surface area contributed by atoms with Gasteiger partial charge in [-0.05, 0) is 69.6 Å². The van der Waals surface area contributed by atoms with Gasteiger partial charge in [0.1, 0.15) is 5.82 Å². The summed E-state index contributed by atoms with van der Waals surface area (Å²) in [5.74, 6) is -7.92. The minimum Gasteiger partial charge on any atom is -0.335 e. The second-order valence-electron chi connectivity index (χ2n) is 12.7. The second kappa shape index (κ2) is 11.8. The maximum absolute atomic E-state index is 15.4. The molecule has 2 aromatic carbocycles. The molecule has 2 atom stereocenters. The van der Waals surface area contributed by atoms with Gasteiger partial charge in [0, 0.05) is 40.8 Å². The molecule has 48 heavy (non-hydrogen) atoms. The summed E-state index contributed by atoms with van der Waals surface area (Å²) in [5, 5.41) is 6.36. The molecular weight excluding hydrogens is 668 g/mol. The van der Waals surface area contributed by atoms with E-state index in [1.54, 1.807) is 0 Å². The lowest BCUT2D eigenvalue weighted by Gasteiger charge is -2.27. The molecule has 1 saturated heterocycles. The third-order valence-corrected chi connectivity index (χ3v) is 9.94. The summed E-state index contributed by atoms with van der Waals surface area (Å²) in [6.45, 7) is -1.05. The lowest BCUT2D eigenvalue weighted by Crippen LogP contribution is -2.42. The fourth-order valence-electron chi connectivity index (χ4n) is 6.91. The van der Waals surface area contributed by atoms with Crippen molar-refractivity contribution in [1.82, 2.24) is 19.6 Å². The second-order valence-corrected chi connectivity index (χ2v) is 13.1. The number of fused-ring (bicyclic) bond motifs is 1. The highest BCUT2D eigenvalue weighted by Gasteiger charge is 2.65. The van der Waals surface area contributed by atoms with Crippen molar-refractivity contribution < 1.29 is 40.7 Å². The van der Waals surface area contributed by atoms with Gasteiger partial charge in [-0.2, -0.15) is 23.0 Å². The van der Waals surface area contributed by atoms with E-state index in [2.05, 4.69) is 10.3 Å². The van der Waals surface area contributed by atoms with Crippen LogP contribution < -0.4 is 0 Å². The number of alkyl halides is 5. The van der Waals surface area contributed by atoms with Crippen LogP contribution in [0, 0.1) is 16.6 Å². The number of aromatic nitrogens is 2. The smallest absolute Gasteiger partial charge is 0.335 e. The minimum absolute atomic E-state index is 0.0353. The van der Waals surface area contributed by atoms with Gasteiger partial charge in [-0.25, -0.2) is 13.2 Å². The van der Waals surface area contributed by atoms with Crippen molar-refractivity contribution >= 4 is 29.3 Å². The number of hydrogen-bond donors (Lipinski definition) is 0. The Kier molecular flexibility index (Phi) is 8.30. The average Bonchev–Trinajstić information content (AvgIpc) is 3.68. The molecule has 9 nitrogen and oxygen atoms in total. The highest BCUT2D eigenvalue weighted by Crippen LogP contribution is 2.60. The molecule has 0 bridgehead atoms. The van der Waals surface area contributed by atoms with E-state index in [-0.39, 0.29) is 71.7 Å². The van der Waals surface area contributed by atoms with E-state index in [9.17, 15) is 41.2 Å². The number of nitrogens with zero attached hydrogens (tertiary/aromatic N) is 5. The minimum atomic E-state index is -4.69. The van der Waals surface area contributed by atoms with Gasteiger partial charge in [0.05, 0.1) is 40.0 Å². The number of hydrogen-bond acceptors (Lipinski definition) is 6. The van der Waals surface area contributed by atoms with Crippen molar-refractivity contribution in [1.29, 1.82) is 0 Å². The van der Waals surface area contributed by atoms with E-state index in [4.69, 9.17) is 11.6 Å². The lowest BCUT2D eigenvalue weighted by molar-refractivity contribution is -0.160. The maximum Gasteiger partial charge on any atom is 0.398 e. The Balaban J connectivity index is 1.45. The number of halogens is 7. The standard InChI is InChI=1S/C32H28ClF6N5O4/c1-42(2)24-14-43(15-31(24,35)36)28(46)17-7-9-19-23(13-17)44(40-26(19)18-8-6-16(12-22(18)34)27(45)41-48)29(47)25-20(4-3-5-21(25)33)30(10-11-30)32(37,38)39/h3-6,8,12,17,24H,7,9-11,13-15H2,1-2H3. The van der Waals surface area contributed by atoms with Crippen LogP contribution in [0.25, 0.3) is 11.3 Å². The zero-order valence-corrected chi connectivity index (χ0v) is 26.3. The molecule has 2 fully saturated rings. The van der Waals surface area contributed by atoms with E-state index in [1.165, 1.54) is 37.2 Å². The zero-order chi connectivity index (χ0) is 34.9. The first-order valence-electron chi connectivity index (χ1n) is 15.0. The number of nitroso groups, excluding NO2 is 1. The van der Waals surface area contributed by atoms with Crippen LogP contribution in [-0.2, 0) is 23.1 Å². The Morgan fingerprint density at radius 2 is 1.81 bits per heavy atom. The molecule has 6 rings (SSSR count). The molecule has 3 aromatic rings. The summed E-state index contributed by atoms with van der Waals surface area (Å²) in [4.78, 5) is 52.7. The van der Waals surface area contributed by atoms with E-state index in [1.807, 2.05) is 0 Å². The molecule has 3 aliphatic rings. The number of carbonyl (C=O) groups is 3. The van der Waals surface area contributed by atoms with E-state index >= 15 is 4.39 Å². The summed E-state index contributed by atoms with van der Waals surface area (Å²) >= 11 is 6.39. The largest absolute Gasteiger partial charge is 0.398 e. The molecular formula is C32H28ClF6N5O4. The third kappa shape index (κ3) is 5.50. The van der Waals surface area contributed by atoms with Gasteiger partial charge in [-0.1, -0.05) is 23.7 Å². The van der Waals surface area contributed by atoms with Gasteiger partial charge in [-0.3, -0.25) is 19.3 Å². The van der Waals surface area contributed by atoms with E-state index in [0.717, 1.165) is 27.8 Å². The third-order valence-electron chi connectivity index (χ3n) is 9.62. The van der Waals surface area contributed by atoms with Gasteiger partial charge < -0.3 is 4.90 Å². The van der Waals surface area contributed by atoms with Gasteiger partial charge in [-0.15, -0.1) is 4.91 Å². The Labute approximate surface area is 274 Å². The number of likely N-dealkylation sites (N-methyl/N-ethyl adjacent to an activating group) is 1. The molecule has 0 radical (unpaired) electrons. The average molecular weight is 696 g/mol. The molecule has 1 aromatic heterocycles. The van der Waals surface area contributed by atoms with Gasteiger partial charge in [0.25, 0.3) is 11.8 Å². The Bertz CT molecular complexity index is 1850. The van der Waals surface area contributed by atoms with E-state index < -0.39 is 65.1 Å². The molecule has 2 unspecified atom stereocenters. The topological polar surface area (TPSA) is 105 Å². The monoisotopic (exact) mass is 695 g/mol. The summed E-state index contributed by atoms with van der Waals surface area (Å²) in [5.41, 5.74) is -3.31. The zero-order valence-electron chi connectivity index (χ0n) is 25.6. The van der Waals surface area contributed by atoms with E-state index in [0.29, 0.717) is 5.56 Å². The molecule has 1 aliphatic heterocycles. The predicted molar refractivity (Wildman–Crippen MR) is 160 cm³/mol. The van der Waals surface area contributed by atoms with Gasteiger partial charge in [0.2, 0.25) is 5.91 Å². The van der Waals surface area contributed by atoms with Crippen LogP contribution >= 0.6 is 11.6 Å². The summed E-state index contributed by atoms with van der Waals surface area (Å²) in [6, 6.07) is 5.58. The van der Waals surface area contributed by atoms with Crippen LogP contribution in [0.3, 0.4) is 0 Å². The number of carbonyl (C=O) groups excluding carboxylic acids is 3. The number of rotatable bonds is 6. The van der Waals surface area contributed by atoms with Crippen molar-refractivity contribution in [3.63, 3.8) is 0 Å². The lowest BCUT2D eigenvalue weighted by atomic mass is 9.84. The molecule has 16 heteroatoms. The molecule has 1 saturated carbocycles. The van der Waals surface area contributed by atoms with Crippen LogP contribution in [0.15, 0.2) is 41.6 Å². The highest BCUT2D eigenvalue weighted by atomic mass is 35.5. The SMILES string of the molecule is CN(C)C1CN(C(=O)C2CCc3c(-c4ccc(C(=O)N=O)cc4F)nn(C(=O)c4c(Cl)cccc4C4(C(F)(F)F)CC4)c3C2)CC1(F)F. The first kappa shape index (κ1) is 33.8. The molecule has 2 amide bonds. The number of amides is 2. The van der Waals surface area contributed by atoms with Gasteiger partial charge >= 0.3 is 12.1 Å². The Morgan fingerprint density at radius 1 is 1.10 bits per heavy atom. The van der Waals surface area contributed by atoms with Crippen molar-refractivity contribution in [2.45, 2.75) is 55.7 Å². The number of benzene rings is 2. The van der Waals surface area contributed by atoms with Crippen LogP contribution in [0.2, 0.25) is 5.02 Å². The first-order valence-corrected chi connectivity index (χ1v) is 15.4.